The third-order valence-electron chi connectivity index (χ3n) is 3.59. The van der Waals surface area contributed by atoms with Crippen molar-refractivity contribution in [3.05, 3.63) is 0 Å². The third-order valence-corrected chi connectivity index (χ3v) is 4.05. The number of nitrogens with two attached hydrogens (primary N) is 1. The van der Waals surface area contributed by atoms with Gasteiger partial charge in [0.15, 0.2) is 5.78 Å². The molecule has 8 heteroatoms. The van der Waals surface area contributed by atoms with E-state index in [1.165, 1.54) is 0 Å². The molecule has 2 atom stereocenters. The van der Waals surface area contributed by atoms with Crippen molar-refractivity contribution in [3.8, 4) is 0 Å². The highest BCUT2D eigenvalue weighted by atomic mass is 32.2. The summed E-state index contributed by atoms with van der Waals surface area (Å²) >= 11 is 1.60. The van der Waals surface area contributed by atoms with E-state index in [1.54, 1.807) is 11.8 Å². The molecule has 0 aliphatic rings. The van der Waals surface area contributed by atoms with Crippen LogP contribution in [0, 0.1) is 11.8 Å². The van der Waals surface area contributed by atoms with Crippen molar-refractivity contribution in [1.29, 1.82) is 0 Å². The number of hydrogen-bond acceptors (Lipinski definition) is 5. The molecule has 0 aliphatic carbocycles. The quantitative estimate of drug-likeness (QED) is 0.307. The molecule has 140 valence electrons. The first-order valence-electron chi connectivity index (χ1n) is 8.30. The molecule has 0 fully saturated rings. The molecule has 7 nitrogen and oxygen atoms in total. The predicted molar refractivity (Wildman–Crippen MR) is 98.7 cm³/mol. The monoisotopic (exact) mass is 360 g/mol. The summed E-state index contributed by atoms with van der Waals surface area (Å²) in [4.78, 5) is 35.6. The van der Waals surface area contributed by atoms with E-state index >= 15 is 0 Å². The maximum atomic E-state index is 12.5. The Balaban J connectivity index is 4.79. The Labute approximate surface area is 149 Å². The molecule has 0 spiro atoms. The number of urea groups is 1. The summed E-state index contributed by atoms with van der Waals surface area (Å²) in [6.45, 7) is 7.94. The number of Topliss-reactive ketones (excluding diaryl/α,β-unsaturated/α-hetero) is 1. The van der Waals surface area contributed by atoms with E-state index in [0.717, 1.165) is 0 Å². The summed E-state index contributed by atoms with van der Waals surface area (Å²) in [5, 5.41) is 8.55. The number of hydrogen-bond donors (Lipinski definition) is 4. The van der Waals surface area contributed by atoms with Gasteiger partial charge >= 0.3 is 6.03 Å². The topological polar surface area (TPSA) is 113 Å². The molecule has 3 amide bonds. The minimum absolute atomic E-state index is 0.00482. The van der Waals surface area contributed by atoms with Crippen molar-refractivity contribution in [2.75, 3.05) is 18.7 Å². The standard InChI is InChI=1S/C16H32N4O3S/c1-10(2)13(19-9-24-5)15(22)20-12(14(21)11(3)4)7-6-8-18-16(17)23/h10-13,19H,6-9H2,1-5H3,(H,20,22)(H3,17,18,23). The lowest BCUT2D eigenvalue weighted by molar-refractivity contribution is -0.131. The van der Waals surface area contributed by atoms with E-state index in [0.29, 0.717) is 25.3 Å². The predicted octanol–water partition coefficient (Wildman–Crippen LogP) is 1.08. The van der Waals surface area contributed by atoms with E-state index in [4.69, 9.17) is 5.73 Å². The molecule has 5 N–H and O–H groups in total. The third kappa shape index (κ3) is 9.12. The van der Waals surface area contributed by atoms with Gasteiger partial charge in [-0.05, 0) is 25.0 Å². The Bertz CT molecular complexity index is 416. The van der Waals surface area contributed by atoms with Crippen LogP contribution in [-0.2, 0) is 9.59 Å². The lowest BCUT2D eigenvalue weighted by atomic mass is 9.96. The number of carbonyl (C=O) groups is 3. The van der Waals surface area contributed by atoms with Gasteiger partial charge in [0.2, 0.25) is 5.91 Å². The van der Waals surface area contributed by atoms with Gasteiger partial charge < -0.3 is 16.4 Å². The number of nitrogens with one attached hydrogen (secondary N) is 3. The largest absolute Gasteiger partial charge is 0.352 e. The summed E-state index contributed by atoms with van der Waals surface area (Å²) < 4.78 is 0. The van der Waals surface area contributed by atoms with Crippen molar-refractivity contribution in [2.24, 2.45) is 17.6 Å². The molecule has 0 aromatic carbocycles. The molecule has 0 aliphatic heterocycles. The number of rotatable bonds is 12. The van der Waals surface area contributed by atoms with E-state index in [2.05, 4.69) is 16.0 Å². The minimum Gasteiger partial charge on any atom is -0.352 e. The molecule has 0 radical (unpaired) electrons. The molecule has 0 rings (SSSR count). The van der Waals surface area contributed by atoms with Crippen molar-refractivity contribution in [2.45, 2.75) is 52.6 Å². The van der Waals surface area contributed by atoms with Crippen LogP contribution in [0.15, 0.2) is 0 Å². The SMILES string of the molecule is CSCNC(C(=O)NC(CCCNC(N)=O)C(=O)C(C)C)C(C)C. The van der Waals surface area contributed by atoms with Crippen LogP contribution in [0.2, 0.25) is 0 Å². The highest BCUT2D eigenvalue weighted by Crippen LogP contribution is 2.09. The highest BCUT2D eigenvalue weighted by molar-refractivity contribution is 7.98. The van der Waals surface area contributed by atoms with Gasteiger partial charge in [-0.1, -0.05) is 27.7 Å². The van der Waals surface area contributed by atoms with Crippen LogP contribution in [-0.4, -0.2) is 48.5 Å². The number of carbonyl (C=O) groups excluding carboxylic acids is 3. The zero-order valence-electron chi connectivity index (χ0n) is 15.3. The normalized spacial score (nSPS) is 13.6. The molecule has 0 heterocycles. The van der Waals surface area contributed by atoms with Gasteiger partial charge in [-0.25, -0.2) is 4.79 Å². The first kappa shape index (κ1) is 22.7. The van der Waals surface area contributed by atoms with Crippen LogP contribution in [0.3, 0.4) is 0 Å². The van der Waals surface area contributed by atoms with E-state index < -0.39 is 12.1 Å². The van der Waals surface area contributed by atoms with Gasteiger partial charge in [0.1, 0.15) is 0 Å². The summed E-state index contributed by atoms with van der Waals surface area (Å²) in [7, 11) is 0. The Morgan fingerprint density at radius 3 is 2.21 bits per heavy atom. The smallest absolute Gasteiger partial charge is 0.312 e. The maximum absolute atomic E-state index is 12.5. The fourth-order valence-electron chi connectivity index (χ4n) is 2.27. The number of amides is 3. The minimum atomic E-state index is -0.591. The molecule has 24 heavy (non-hydrogen) atoms. The second kappa shape index (κ2) is 12.1. The van der Waals surface area contributed by atoms with Gasteiger partial charge in [-0.2, -0.15) is 0 Å². The fraction of sp³-hybridized carbons (Fsp3) is 0.812. The maximum Gasteiger partial charge on any atom is 0.312 e. The van der Waals surface area contributed by atoms with E-state index in [1.807, 2.05) is 34.0 Å². The molecule has 0 bridgehead atoms. The average Bonchev–Trinajstić information content (AvgIpc) is 2.49. The molecular formula is C16H32N4O3S. The Kier molecular flexibility index (Phi) is 11.5. The van der Waals surface area contributed by atoms with Gasteiger partial charge in [0.25, 0.3) is 0 Å². The van der Waals surface area contributed by atoms with E-state index in [-0.39, 0.29) is 29.6 Å². The lowest BCUT2D eigenvalue weighted by Crippen LogP contribution is -2.53. The Morgan fingerprint density at radius 2 is 1.75 bits per heavy atom. The van der Waals surface area contributed by atoms with Gasteiger partial charge in [-0.15, -0.1) is 11.8 Å². The Morgan fingerprint density at radius 1 is 1.12 bits per heavy atom. The van der Waals surface area contributed by atoms with Gasteiger partial charge in [0.05, 0.1) is 12.1 Å². The zero-order chi connectivity index (χ0) is 18.7. The van der Waals surface area contributed by atoms with Gasteiger partial charge in [0, 0.05) is 18.3 Å². The fourth-order valence-corrected chi connectivity index (χ4v) is 2.62. The lowest BCUT2D eigenvalue weighted by Gasteiger charge is -2.25. The number of ketones is 1. The van der Waals surface area contributed by atoms with Crippen LogP contribution >= 0.6 is 11.8 Å². The second-order valence-corrected chi connectivity index (χ2v) is 7.28. The number of primary amides is 1. The second-order valence-electron chi connectivity index (χ2n) is 6.41. The molecular weight excluding hydrogens is 328 g/mol. The number of thioether (sulfide) groups is 1. The molecule has 2 unspecified atom stereocenters. The summed E-state index contributed by atoms with van der Waals surface area (Å²) in [6.07, 6.45) is 2.99. The molecule has 0 saturated heterocycles. The van der Waals surface area contributed by atoms with Crippen LogP contribution in [0.1, 0.15) is 40.5 Å². The summed E-state index contributed by atoms with van der Waals surface area (Å²) in [5.41, 5.74) is 5.02. The van der Waals surface area contributed by atoms with E-state index in [9.17, 15) is 14.4 Å². The molecule has 0 saturated carbocycles. The average molecular weight is 361 g/mol. The van der Waals surface area contributed by atoms with Crippen LogP contribution in [0.4, 0.5) is 4.79 Å². The molecule has 0 aromatic heterocycles. The van der Waals surface area contributed by atoms with Crippen LogP contribution in [0.5, 0.6) is 0 Å². The van der Waals surface area contributed by atoms with Crippen molar-refractivity contribution in [3.63, 3.8) is 0 Å². The first-order valence-corrected chi connectivity index (χ1v) is 9.69. The summed E-state index contributed by atoms with van der Waals surface area (Å²) in [5.74, 6) is 0.442. The van der Waals surface area contributed by atoms with Gasteiger partial charge in [-0.3, -0.25) is 14.9 Å². The first-order chi connectivity index (χ1) is 11.2. The van der Waals surface area contributed by atoms with Crippen molar-refractivity contribution < 1.29 is 14.4 Å². The Hall–Kier alpha value is -1.28. The van der Waals surface area contributed by atoms with Crippen molar-refractivity contribution in [1.82, 2.24) is 16.0 Å². The molecule has 0 aromatic rings. The van der Waals surface area contributed by atoms with Crippen LogP contribution < -0.4 is 21.7 Å². The van der Waals surface area contributed by atoms with Crippen LogP contribution in [0.25, 0.3) is 0 Å². The van der Waals surface area contributed by atoms with Crippen molar-refractivity contribution >= 4 is 29.5 Å². The summed E-state index contributed by atoms with van der Waals surface area (Å²) in [6, 6.07) is -1.49. The highest BCUT2D eigenvalue weighted by Gasteiger charge is 2.27. The zero-order valence-corrected chi connectivity index (χ0v) is 16.2.